The number of nitrogens with zero attached hydrogens (tertiary/aromatic N) is 1. The monoisotopic (exact) mass is 777 g/mol. The van der Waals surface area contributed by atoms with Crippen LogP contribution in [0.2, 0.25) is 0 Å². The molecule has 0 fully saturated rings. The van der Waals surface area contributed by atoms with Crippen molar-refractivity contribution in [3.8, 4) is 77.9 Å². The lowest BCUT2D eigenvalue weighted by Crippen LogP contribution is -2.10. The third kappa shape index (κ3) is 8.06. The lowest BCUT2D eigenvalue weighted by atomic mass is 9.91. The Kier molecular flexibility index (Phi) is 10.4. The van der Waals surface area contributed by atoms with Gasteiger partial charge in [0.15, 0.2) is 0 Å². The molecule has 0 aromatic heterocycles. The summed E-state index contributed by atoms with van der Waals surface area (Å²) in [6.45, 7) is 0. The van der Waals surface area contributed by atoms with Crippen molar-refractivity contribution >= 4 is 17.1 Å². The normalized spacial score (nSPS) is 11.0. The second-order valence-electron chi connectivity index (χ2n) is 15.4. The van der Waals surface area contributed by atoms with Gasteiger partial charge in [0.2, 0.25) is 0 Å². The van der Waals surface area contributed by atoms with Gasteiger partial charge in [0, 0.05) is 17.1 Å². The lowest BCUT2D eigenvalue weighted by Gasteiger charge is -2.27. The Labute approximate surface area is 359 Å². The Morgan fingerprint density at radius 3 is 0.885 bits per heavy atom. The van der Waals surface area contributed by atoms with Crippen LogP contribution in [0.1, 0.15) is 0 Å². The van der Waals surface area contributed by atoms with Crippen LogP contribution in [-0.2, 0) is 0 Å². The van der Waals surface area contributed by atoms with Crippen LogP contribution >= 0.6 is 0 Å². The second kappa shape index (κ2) is 17.1. The van der Waals surface area contributed by atoms with E-state index in [-0.39, 0.29) is 0 Å². The van der Waals surface area contributed by atoms with Crippen LogP contribution in [0.25, 0.3) is 77.9 Å². The van der Waals surface area contributed by atoms with E-state index in [1.807, 2.05) is 0 Å². The Balaban J connectivity index is 1.08. The number of anilines is 3. The molecule has 0 amide bonds. The predicted molar refractivity (Wildman–Crippen MR) is 259 cm³/mol. The molecule has 288 valence electrons. The first kappa shape index (κ1) is 37.3. The van der Waals surface area contributed by atoms with Crippen LogP contribution in [0.15, 0.2) is 261 Å². The molecule has 10 aromatic carbocycles. The molecule has 0 saturated heterocycles. The Morgan fingerprint density at radius 2 is 0.459 bits per heavy atom. The van der Waals surface area contributed by atoms with Gasteiger partial charge in [-0.1, -0.05) is 212 Å². The van der Waals surface area contributed by atoms with Gasteiger partial charge in [0.25, 0.3) is 0 Å². The Morgan fingerprint density at radius 1 is 0.164 bits per heavy atom. The zero-order valence-electron chi connectivity index (χ0n) is 33.8. The molecule has 0 aliphatic heterocycles. The zero-order chi connectivity index (χ0) is 40.8. The second-order valence-corrected chi connectivity index (χ2v) is 15.4. The largest absolute Gasteiger partial charge is 0.310 e. The highest BCUT2D eigenvalue weighted by molar-refractivity contribution is 5.90. The standard InChI is InChI=1S/C60H43N/c1-6-16-44(17-7-1)48-26-28-49(29-27-48)50-30-35-56(36-31-50)61(58-41-54(46-20-10-3-11-21-46)40-55(42-58)47-22-12-4-13-23-47)57-37-32-52(33-38-57)59-39-34-53(45-18-8-2-9-19-45)43-60(59)51-24-14-5-15-25-51/h1-43H. The molecular formula is C60H43N. The van der Waals surface area contributed by atoms with Gasteiger partial charge in [-0.2, -0.15) is 0 Å². The molecule has 1 heteroatoms. The van der Waals surface area contributed by atoms with Crippen LogP contribution in [0, 0.1) is 0 Å². The number of hydrogen-bond donors (Lipinski definition) is 0. The van der Waals surface area contributed by atoms with Gasteiger partial charge in [-0.3, -0.25) is 0 Å². The van der Waals surface area contributed by atoms with Crippen molar-refractivity contribution in [3.63, 3.8) is 0 Å². The molecule has 0 N–H and O–H groups in total. The van der Waals surface area contributed by atoms with E-state index in [0.717, 1.165) is 17.1 Å². The van der Waals surface area contributed by atoms with E-state index in [4.69, 9.17) is 0 Å². The third-order valence-corrected chi connectivity index (χ3v) is 11.5. The van der Waals surface area contributed by atoms with Crippen molar-refractivity contribution in [1.29, 1.82) is 0 Å². The molecule has 0 aliphatic rings. The fourth-order valence-electron chi connectivity index (χ4n) is 8.32. The quantitative estimate of drug-likeness (QED) is 0.134. The summed E-state index contributed by atoms with van der Waals surface area (Å²) < 4.78 is 0. The average molecular weight is 778 g/mol. The van der Waals surface area contributed by atoms with E-state index in [9.17, 15) is 0 Å². The van der Waals surface area contributed by atoms with E-state index < -0.39 is 0 Å². The first-order valence-electron chi connectivity index (χ1n) is 20.9. The van der Waals surface area contributed by atoms with Crippen molar-refractivity contribution < 1.29 is 0 Å². The van der Waals surface area contributed by atoms with Crippen LogP contribution in [0.4, 0.5) is 17.1 Å². The van der Waals surface area contributed by atoms with E-state index in [1.54, 1.807) is 0 Å². The highest BCUT2D eigenvalue weighted by Gasteiger charge is 2.18. The van der Waals surface area contributed by atoms with Gasteiger partial charge in [-0.25, -0.2) is 0 Å². The van der Waals surface area contributed by atoms with Gasteiger partial charge in [0.1, 0.15) is 0 Å². The fourth-order valence-corrected chi connectivity index (χ4v) is 8.32. The van der Waals surface area contributed by atoms with E-state index >= 15 is 0 Å². The van der Waals surface area contributed by atoms with E-state index in [0.29, 0.717) is 0 Å². The van der Waals surface area contributed by atoms with Gasteiger partial charge in [-0.05, 0) is 126 Å². The van der Waals surface area contributed by atoms with Crippen LogP contribution in [-0.4, -0.2) is 0 Å². The highest BCUT2D eigenvalue weighted by atomic mass is 15.1. The fraction of sp³-hybridized carbons (Fsp3) is 0. The van der Waals surface area contributed by atoms with Crippen molar-refractivity contribution in [2.45, 2.75) is 0 Å². The van der Waals surface area contributed by atoms with Crippen LogP contribution in [0.3, 0.4) is 0 Å². The van der Waals surface area contributed by atoms with Crippen molar-refractivity contribution in [2.75, 3.05) is 4.90 Å². The van der Waals surface area contributed by atoms with Crippen molar-refractivity contribution in [1.82, 2.24) is 0 Å². The summed E-state index contributed by atoms with van der Waals surface area (Å²) in [4.78, 5) is 2.39. The molecule has 0 atom stereocenters. The van der Waals surface area contributed by atoms with Crippen LogP contribution < -0.4 is 4.90 Å². The maximum Gasteiger partial charge on any atom is 0.0473 e. The molecule has 0 unspecified atom stereocenters. The van der Waals surface area contributed by atoms with Gasteiger partial charge >= 0.3 is 0 Å². The third-order valence-electron chi connectivity index (χ3n) is 11.5. The molecule has 0 spiro atoms. The van der Waals surface area contributed by atoms with E-state index in [2.05, 4.69) is 266 Å². The predicted octanol–water partition coefficient (Wildman–Crippen LogP) is 16.8. The topological polar surface area (TPSA) is 3.24 Å². The first-order chi connectivity index (χ1) is 30.2. The van der Waals surface area contributed by atoms with E-state index in [1.165, 1.54) is 77.9 Å². The first-order valence-corrected chi connectivity index (χ1v) is 20.9. The average Bonchev–Trinajstić information content (AvgIpc) is 3.36. The molecule has 0 saturated carbocycles. The van der Waals surface area contributed by atoms with Crippen molar-refractivity contribution in [2.24, 2.45) is 0 Å². The van der Waals surface area contributed by atoms with Gasteiger partial charge < -0.3 is 4.90 Å². The molecule has 10 aromatic rings. The Hall–Kier alpha value is -8.00. The molecule has 10 rings (SSSR count). The number of hydrogen-bond acceptors (Lipinski definition) is 1. The summed E-state index contributed by atoms with van der Waals surface area (Å²) in [6, 6.07) is 94.0. The smallest absolute Gasteiger partial charge is 0.0473 e. The molecule has 0 aliphatic carbocycles. The minimum absolute atomic E-state index is 1.08. The highest BCUT2D eigenvalue weighted by Crippen LogP contribution is 2.42. The Bertz CT molecular complexity index is 2940. The van der Waals surface area contributed by atoms with Crippen molar-refractivity contribution in [3.05, 3.63) is 261 Å². The molecule has 0 heterocycles. The molecule has 0 radical (unpaired) electrons. The molecular weight excluding hydrogens is 735 g/mol. The minimum Gasteiger partial charge on any atom is -0.310 e. The molecule has 1 nitrogen and oxygen atoms in total. The lowest BCUT2D eigenvalue weighted by molar-refractivity contribution is 1.28. The van der Waals surface area contributed by atoms with Crippen LogP contribution in [0.5, 0.6) is 0 Å². The number of benzene rings is 10. The maximum atomic E-state index is 2.39. The van der Waals surface area contributed by atoms with Gasteiger partial charge in [-0.15, -0.1) is 0 Å². The summed E-state index contributed by atoms with van der Waals surface area (Å²) in [5.74, 6) is 0. The zero-order valence-corrected chi connectivity index (χ0v) is 33.8. The number of rotatable bonds is 10. The maximum absolute atomic E-state index is 2.39. The summed E-state index contributed by atoms with van der Waals surface area (Å²) in [5.41, 5.74) is 19.9. The summed E-state index contributed by atoms with van der Waals surface area (Å²) in [6.07, 6.45) is 0. The SMILES string of the molecule is c1ccc(-c2ccc(-c3ccc(N(c4ccc(-c5ccc(-c6ccccc6)cc5-c5ccccc5)cc4)c4cc(-c5ccccc5)cc(-c5ccccc5)c4)cc3)cc2)cc1. The van der Waals surface area contributed by atoms with Gasteiger partial charge in [0.05, 0.1) is 0 Å². The summed E-state index contributed by atoms with van der Waals surface area (Å²) in [5, 5.41) is 0. The minimum atomic E-state index is 1.08. The summed E-state index contributed by atoms with van der Waals surface area (Å²) >= 11 is 0. The summed E-state index contributed by atoms with van der Waals surface area (Å²) in [7, 11) is 0. The molecule has 61 heavy (non-hydrogen) atoms. The molecule has 0 bridgehead atoms.